The first-order chi connectivity index (χ1) is 7.71. The number of rotatable bonds is 2. The summed E-state index contributed by atoms with van der Waals surface area (Å²) in [6.45, 7) is 0. The van der Waals surface area contributed by atoms with Gasteiger partial charge in [0.15, 0.2) is 16.1 Å². The number of hydrogen-bond donors (Lipinski definition) is 0. The lowest BCUT2D eigenvalue weighted by Crippen LogP contribution is -2.11. The second kappa shape index (κ2) is 5.30. The molecule has 0 radical (unpaired) electrons. The molecule has 1 heterocycles. The van der Waals surface area contributed by atoms with Crippen LogP contribution in [-0.2, 0) is 6.18 Å². The summed E-state index contributed by atoms with van der Waals surface area (Å²) in [5.41, 5.74) is -1.10. The van der Waals surface area contributed by atoms with Gasteiger partial charge in [-0.15, -0.1) is 0 Å². The van der Waals surface area contributed by atoms with Gasteiger partial charge in [0.05, 0.1) is 6.34 Å². The van der Waals surface area contributed by atoms with Crippen LogP contribution in [0.5, 0.6) is 0 Å². The summed E-state index contributed by atoms with van der Waals surface area (Å²) >= 11 is 5.71. The molecule has 0 saturated heterocycles. The highest BCUT2D eigenvalue weighted by molar-refractivity contribution is 9.11. The van der Waals surface area contributed by atoms with Gasteiger partial charge < -0.3 is 4.90 Å². The van der Waals surface area contributed by atoms with Crippen LogP contribution in [0.25, 0.3) is 0 Å². The molecule has 9 heteroatoms. The quantitative estimate of drug-likeness (QED) is 0.588. The van der Waals surface area contributed by atoms with Crippen molar-refractivity contribution in [3.8, 4) is 0 Å². The van der Waals surface area contributed by atoms with Crippen molar-refractivity contribution in [1.82, 2.24) is 14.9 Å². The second-order valence-corrected chi connectivity index (χ2v) is 4.69. The largest absolute Gasteiger partial charge is 0.436 e. The Bertz CT molecular complexity index is 445. The first kappa shape index (κ1) is 14.4. The normalized spacial score (nSPS) is 12.2. The second-order valence-electron chi connectivity index (χ2n) is 3.18. The molecule has 94 valence electrons. The molecular weight excluding hydrogens is 369 g/mol. The lowest BCUT2D eigenvalue weighted by molar-refractivity contribution is -0.142. The van der Waals surface area contributed by atoms with Gasteiger partial charge in [0.1, 0.15) is 4.60 Å². The van der Waals surface area contributed by atoms with Crippen molar-refractivity contribution in [2.75, 3.05) is 14.1 Å². The van der Waals surface area contributed by atoms with Crippen LogP contribution in [-0.4, -0.2) is 35.3 Å². The van der Waals surface area contributed by atoms with E-state index in [0.717, 1.165) is 0 Å². The van der Waals surface area contributed by atoms with E-state index in [4.69, 9.17) is 0 Å². The predicted molar refractivity (Wildman–Crippen MR) is 64.3 cm³/mol. The highest BCUT2D eigenvalue weighted by Gasteiger charge is 2.36. The van der Waals surface area contributed by atoms with Gasteiger partial charge in [-0.3, -0.25) is 0 Å². The van der Waals surface area contributed by atoms with Gasteiger partial charge in [0.2, 0.25) is 0 Å². The molecule has 1 aromatic heterocycles. The maximum Gasteiger partial charge on any atom is 0.436 e. The zero-order valence-electron chi connectivity index (χ0n) is 8.76. The Morgan fingerprint density at radius 3 is 2.24 bits per heavy atom. The third-order valence-corrected chi connectivity index (χ3v) is 2.56. The molecule has 0 N–H and O–H groups in total. The van der Waals surface area contributed by atoms with E-state index in [-0.39, 0.29) is 15.0 Å². The van der Waals surface area contributed by atoms with Gasteiger partial charge in [-0.05, 0) is 31.9 Å². The van der Waals surface area contributed by atoms with Gasteiger partial charge >= 0.3 is 6.18 Å². The predicted octanol–water partition coefficient (Wildman–Crippen LogP) is 3.24. The minimum absolute atomic E-state index is 0.130. The van der Waals surface area contributed by atoms with Crippen molar-refractivity contribution in [2.24, 2.45) is 4.99 Å². The van der Waals surface area contributed by atoms with Crippen LogP contribution < -0.4 is 0 Å². The van der Waals surface area contributed by atoms with Crippen LogP contribution in [0.1, 0.15) is 5.69 Å². The fourth-order valence-electron chi connectivity index (χ4n) is 0.820. The zero-order valence-corrected chi connectivity index (χ0v) is 11.9. The van der Waals surface area contributed by atoms with E-state index >= 15 is 0 Å². The SMILES string of the molecule is CN(C)C=Nc1nc(C(F)(F)F)c(Br)nc1Br. The number of hydrogen-bond acceptors (Lipinski definition) is 3. The maximum atomic E-state index is 12.5. The van der Waals surface area contributed by atoms with E-state index in [1.54, 1.807) is 19.0 Å². The van der Waals surface area contributed by atoms with Crippen LogP contribution in [0.4, 0.5) is 19.0 Å². The third-order valence-electron chi connectivity index (χ3n) is 1.47. The van der Waals surface area contributed by atoms with E-state index in [0.29, 0.717) is 0 Å². The number of halogens is 5. The molecule has 0 fully saturated rings. The molecule has 0 aromatic carbocycles. The van der Waals surface area contributed by atoms with E-state index in [9.17, 15) is 13.2 Å². The van der Waals surface area contributed by atoms with Crippen LogP contribution in [0.2, 0.25) is 0 Å². The Balaban J connectivity index is 3.25. The minimum atomic E-state index is -4.57. The summed E-state index contributed by atoms with van der Waals surface area (Å²) in [6, 6.07) is 0. The molecule has 0 aliphatic carbocycles. The molecule has 0 amide bonds. The maximum absolute atomic E-state index is 12.5. The number of nitrogens with zero attached hydrogens (tertiary/aromatic N) is 4. The Hall–Kier alpha value is -0.700. The molecule has 4 nitrogen and oxygen atoms in total. The fraction of sp³-hybridized carbons (Fsp3) is 0.375. The Morgan fingerprint density at radius 2 is 1.76 bits per heavy atom. The molecule has 17 heavy (non-hydrogen) atoms. The molecule has 0 aliphatic heterocycles. The molecule has 0 saturated carbocycles. The number of alkyl halides is 3. The van der Waals surface area contributed by atoms with Gasteiger partial charge in [-0.1, -0.05) is 0 Å². The topological polar surface area (TPSA) is 41.4 Å². The average molecular weight is 376 g/mol. The Morgan fingerprint density at radius 1 is 1.18 bits per heavy atom. The van der Waals surface area contributed by atoms with Crippen LogP contribution in [0.15, 0.2) is 14.2 Å². The monoisotopic (exact) mass is 374 g/mol. The fourth-order valence-corrected chi connectivity index (χ4v) is 1.92. The molecule has 0 bridgehead atoms. The molecular formula is C8H7Br2F3N4. The minimum Gasteiger partial charge on any atom is -0.369 e. The number of aliphatic imine (C=N–C) groups is 1. The highest BCUT2D eigenvalue weighted by atomic mass is 79.9. The smallest absolute Gasteiger partial charge is 0.369 e. The summed E-state index contributed by atoms with van der Waals surface area (Å²) in [5, 5.41) is 0. The summed E-state index contributed by atoms with van der Waals surface area (Å²) in [7, 11) is 3.38. The summed E-state index contributed by atoms with van der Waals surface area (Å²) in [5.74, 6) is -0.130. The van der Waals surface area contributed by atoms with Crippen molar-refractivity contribution < 1.29 is 13.2 Å². The lowest BCUT2D eigenvalue weighted by atomic mass is 10.4. The van der Waals surface area contributed by atoms with Crippen molar-refractivity contribution in [3.63, 3.8) is 0 Å². The summed E-state index contributed by atoms with van der Waals surface area (Å²) < 4.78 is 37.4. The molecule has 0 unspecified atom stereocenters. The number of aromatic nitrogens is 2. The lowest BCUT2D eigenvalue weighted by Gasteiger charge is -2.09. The molecule has 0 atom stereocenters. The summed E-state index contributed by atoms with van der Waals surface area (Å²) in [4.78, 5) is 12.4. The van der Waals surface area contributed by atoms with Crippen molar-refractivity contribution in [2.45, 2.75) is 6.18 Å². The van der Waals surface area contributed by atoms with Gasteiger partial charge in [-0.2, -0.15) is 13.2 Å². The van der Waals surface area contributed by atoms with Gasteiger partial charge in [-0.25, -0.2) is 15.0 Å². The molecule has 0 aliphatic rings. The van der Waals surface area contributed by atoms with Crippen molar-refractivity contribution in [1.29, 1.82) is 0 Å². The van der Waals surface area contributed by atoms with Gasteiger partial charge in [0.25, 0.3) is 0 Å². The van der Waals surface area contributed by atoms with Crippen molar-refractivity contribution >= 4 is 44.0 Å². The highest BCUT2D eigenvalue weighted by Crippen LogP contribution is 2.35. The van der Waals surface area contributed by atoms with E-state index < -0.39 is 11.9 Å². The Kier molecular flexibility index (Phi) is 4.48. The van der Waals surface area contributed by atoms with Crippen LogP contribution >= 0.6 is 31.9 Å². The molecule has 1 aromatic rings. The van der Waals surface area contributed by atoms with Gasteiger partial charge in [0, 0.05) is 14.1 Å². The standard InChI is InChI=1S/C8H7Br2F3N4/c1-17(2)3-14-7-6(10)16-5(9)4(15-7)8(11,12)13/h3H,1-2H3. The van der Waals surface area contributed by atoms with E-state index in [2.05, 4.69) is 46.8 Å². The molecule has 1 rings (SSSR count). The Labute approximate surface area is 112 Å². The summed E-state index contributed by atoms with van der Waals surface area (Å²) in [6.07, 6.45) is -3.24. The van der Waals surface area contributed by atoms with Crippen LogP contribution in [0, 0.1) is 0 Å². The van der Waals surface area contributed by atoms with Crippen LogP contribution in [0.3, 0.4) is 0 Å². The van der Waals surface area contributed by atoms with E-state index in [1.165, 1.54) is 6.34 Å². The first-order valence-electron chi connectivity index (χ1n) is 4.22. The molecule has 0 spiro atoms. The zero-order chi connectivity index (χ0) is 13.2. The third kappa shape index (κ3) is 3.91. The van der Waals surface area contributed by atoms with E-state index in [1.807, 2.05) is 0 Å². The van der Waals surface area contributed by atoms with Crippen molar-refractivity contribution in [3.05, 3.63) is 14.9 Å². The first-order valence-corrected chi connectivity index (χ1v) is 5.81. The average Bonchev–Trinajstić information content (AvgIpc) is 2.13.